The molecule has 160 valence electrons. The van der Waals surface area contributed by atoms with E-state index in [2.05, 4.69) is 35.9 Å². The molecule has 3 unspecified atom stereocenters. The minimum absolute atomic E-state index is 0.0803. The van der Waals surface area contributed by atoms with Crippen molar-refractivity contribution in [3.63, 3.8) is 0 Å². The number of halogens is 1. The van der Waals surface area contributed by atoms with Gasteiger partial charge in [-0.05, 0) is 28.1 Å². The molecule has 0 radical (unpaired) electrons. The monoisotopic (exact) mass is 508 g/mol. The summed E-state index contributed by atoms with van der Waals surface area (Å²) in [5.41, 5.74) is 1.50. The summed E-state index contributed by atoms with van der Waals surface area (Å²) in [6.07, 6.45) is 1.54. The van der Waals surface area contributed by atoms with Crippen molar-refractivity contribution < 1.29 is 23.8 Å². The fraction of sp³-hybridized carbons (Fsp3) is 0.294. The third-order valence-electron chi connectivity index (χ3n) is 5.33. The van der Waals surface area contributed by atoms with Crippen molar-refractivity contribution in [2.24, 2.45) is 0 Å². The van der Waals surface area contributed by atoms with Gasteiger partial charge < -0.3 is 28.8 Å². The summed E-state index contributed by atoms with van der Waals surface area (Å²) in [5, 5.41) is 10.8. The number of hydrogen-bond donors (Lipinski definition) is 3. The zero-order valence-corrected chi connectivity index (χ0v) is 18.0. The first kappa shape index (κ1) is 19.4. The van der Waals surface area contributed by atoms with Crippen LogP contribution in [-0.4, -0.2) is 63.8 Å². The highest BCUT2D eigenvalue weighted by atomic mass is 79.9. The molecule has 12 nitrogen and oxygen atoms in total. The van der Waals surface area contributed by atoms with E-state index in [1.165, 1.54) is 8.97 Å². The van der Waals surface area contributed by atoms with Gasteiger partial charge in [-0.25, -0.2) is 9.38 Å². The molecule has 2 saturated heterocycles. The van der Waals surface area contributed by atoms with Gasteiger partial charge in [0.2, 0.25) is 5.78 Å². The lowest BCUT2D eigenvalue weighted by Crippen LogP contribution is -2.38. The van der Waals surface area contributed by atoms with Crippen LogP contribution in [-0.2, 0) is 13.8 Å². The third-order valence-corrected chi connectivity index (χ3v) is 6.68. The van der Waals surface area contributed by atoms with Gasteiger partial charge in [-0.15, -0.1) is 0 Å². The molecule has 2 aliphatic heterocycles. The SMILES string of the molecule is O=c1c2nc(Br)n([C@@H]3OC4COP(O)O[C@H]4C3O)c2nc2[nH]c(-c3ccncc3)cn12. The van der Waals surface area contributed by atoms with E-state index in [4.69, 9.17) is 13.8 Å². The number of imidazole rings is 2. The van der Waals surface area contributed by atoms with Crippen LogP contribution in [0.4, 0.5) is 0 Å². The quantitative estimate of drug-likeness (QED) is 0.267. The summed E-state index contributed by atoms with van der Waals surface area (Å²) in [6.45, 7) is 0.0803. The topological polar surface area (TPSA) is 149 Å². The number of hydrogen-bond acceptors (Lipinski definition) is 9. The Kier molecular flexibility index (Phi) is 4.47. The van der Waals surface area contributed by atoms with Crippen molar-refractivity contribution in [1.82, 2.24) is 28.9 Å². The molecule has 4 aromatic heterocycles. The molecule has 14 heteroatoms. The molecule has 2 fully saturated rings. The Balaban J connectivity index is 1.49. The van der Waals surface area contributed by atoms with Gasteiger partial charge in [-0.3, -0.25) is 14.3 Å². The first-order valence-corrected chi connectivity index (χ1v) is 11.1. The van der Waals surface area contributed by atoms with Gasteiger partial charge in [0, 0.05) is 24.2 Å². The molecule has 0 aromatic carbocycles. The highest BCUT2D eigenvalue weighted by Crippen LogP contribution is 2.47. The largest absolute Gasteiger partial charge is 0.386 e. The number of pyridine rings is 1. The summed E-state index contributed by atoms with van der Waals surface area (Å²) in [6, 6.07) is 3.62. The molecule has 0 aliphatic carbocycles. The number of aliphatic hydroxyl groups excluding tert-OH is 1. The van der Waals surface area contributed by atoms with E-state index in [0.29, 0.717) is 11.5 Å². The molecule has 6 heterocycles. The number of H-pyrrole nitrogens is 1. The number of aromatic amines is 1. The van der Waals surface area contributed by atoms with Gasteiger partial charge in [0.05, 0.1) is 12.3 Å². The maximum atomic E-state index is 13.1. The maximum absolute atomic E-state index is 13.1. The molecule has 3 N–H and O–H groups in total. The van der Waals surface area contributed by atoms with Crippen LogP contribution < -0.4 is 5.56 Å². The van der Waals surface area contributed by atoms with Crippen LogP contribution in [0, 0.1) is 0 Å². The Labute approximate surface area is 182 Å². The minimum Gasteiger partial charge on any atom is -0.386 e. The Morgan fingerprint density at radius 2 is 2.10 bits per heavy atom. The fourth-order valence-electron chi connectivity index (χ4n) is 3.87. The highest BCUT2D eigenvalue weighted by molar-refractivity contribution is 9.10. The van der Waals surface area contributed by atoms with E-state index < -0.39 is 33.1 Å². The van der Waals surface area contributed by atoms with Crippen molar-refractivity contribution >= 4 is 41.5 Å². The van der Waals surface area contributed by atoms with Crippen molar-refractivity contribution in [3.8, 4) is 11.3 Å². The van der Waals surface area contributed by atoms with Gasteiger partial charge >= 0.3 is 8.60 Å². The molecule has 6 rings (SSSR count). The molecular weight excluding hydrogens is 495 g/mol. The van der Waals surface area contributed by atoms with Crippen LogP contribution in [0.15, 0.2) is 40.3 Å². The minimum atomic E-state index is -2.07. The van der Waals surface area contributed by atoms with Gasteiger partial charge in [0.1, 0.15) is 18.3 Å². The summed E-state index contributed by atoms with van der Waals surface area (Å²) < 4.78 is 19.5. The van der Waals surface area contributed by atoms with E-state index in [0.717, 1.165) is 5.56 Å². The van der Waals surface area contributed by atoms with Gasteiger partial charge in [-0.2, -0.15) is 4.98 Å². The normalized spacial score (nSPS) is 28.4. The summed E-state index contributed by atoms with van der Waals surface area (Å²) in [5.74, 6) is 0.307. The second kappa shape index (κ2) is 7.14. The molecule has 0 spiro atoms. The number of nitrogens with one attached hydrogen (secondary N) is 1. The van der Waals surface area contributed by atoms with Gasteiger partial charge in [0.15, 0.2) is 22.1 Å². The molecule has 0 saturated carbocycles. The van der Waals surface area contributed by atoms with Crippen LogP contribution >= 0.6 is 24.5 Å². The summed E-state index contributed by atoms with van der Waals surface area (Å²) in [7, 11) is -2.07. The summed E-state index contributed by atoms with van der Waals surface area (Å²) >= 11 is 3.34. The summed E-state index contributed by atoms with van der Waals surface area (Å²) in [4.78, 5) is 38.7. The van der Waals surface area contributed by atoms with Gasteiger partial charge in [0.25, 0.3) is 5.56 Å². The third kappa shape index (κ3) is 2.97. The number of fused-ring (bicyclic) bond motifs is 3. The lowest BCUT2D eigenvalue weighted by Gasteiger charge is -2.27. The van der Waals surface area contributed by atoms with Crippen LogP contribution in [0.5, 0.6) is 0 Å². The Morgan fingerprint density at radius 3 is 2.90 bits per heavy atom. The second-order valence-corrected chi connectivity index (χ2v) is 8.75. The lowest BCUT2D eigenvalue weighted by molar-refractivity contribution is -0.0594. The predicted octanol–water partition coefficient (Wildman–Crippen LogP) is 1.09. The van der Waals surface area contributed by atoms with Crippen LogP contribution in [0.2, 0.25) is 0 Å². The molecule has 0 amide bonds. The van der Waals surface area contributed by atoms with E-state index in [1.807, 2.05) is 12.1 Å². The standard InChI is InChI=1S/C17H14BrN6O6P/c18-16-21-10-13(24(16)15-11(25)12-9(29-15)6-28-31(27)30-12)22-17-20-8(5-23(17)14(10)26)7-1-3-19-4-2-7/h1-5,9,11-12,15,25,27H,6H2,(H,20,22)/t9?,11?,12-,15-,31?/m1/s1. The molecule has 2 aliphatic rings. The zero-order chi connectivity index (χ0) is 21.3. The first-order valence-electron chi connectivity index (χ1n) is 9.22. The maximum Gasteiger partial charge on any atom is 0.330 e. The van der Waals surface area contributed by atoms with Crippen LogP contribution in [0.3, 0.4) is 0 Å². The van der Waals surface area contributed by atoms with E-state index >= 15 is 0 Å². The Hall–Kier alpha value is -2.25. The van der Waals surface area contributed by atoms with Crippen molar-refractivity contribution in [1.29, 1.82) is 0 Å². The highest BCUT2D eigenvalue weighted by Gasteiger charge is 2.50. The smallest absolute Gasteiger partial charge is 0.330 e. The van der Waals surface area contributed by atoms with E-state index in [1.54, 1.807) is 18.6 Å². The average Bonchev–Trinajstić information content (AvgIpc) is 3.43. The van der Waals surface area contributed by atoms with Crippen molar-refractivity contribution in [2.75, 3.05) is 6.61 Å². The predicted molar refractivity (Wildman–Crippen MR) is 110 cm³/mol. The van der Waals surface area contributed by atoms with Crippen LogP contribution in [0.25, 0.3) is 28.2 Å². The van der Waals surface area contributed by atoms with E-state index in [-0.39, 0.29) is 28.1 Å². The number of ether oxygens (including phenoxy) is 1. The zero-order valence-electron chi connectivity index (χ0n) is 15.5. The number of aliphatic hydroxyl groups is 1. The van der Waals surface area contributed by atoms with Gasteiger partial charge in [-0.1, -0.05) is 0 Å². The molecular formula is C17H14BrN6O6P. The number of nitrogens with zero attached hydrogens (tertiary/aromatic N) is 5. The van der Waals surface area contributed by atoms with Crippen molar-refractivity contribution in [2.45, 2.75) is 24.5 Å². The molecule has 5 atom stereocenters. The second-order valence-electron chi connectivity index (χ2n) is 7.10. The average molecular weight is 509 g/mol. The molecule has 4 aromatic rings. The lowest BCUT2D eigenvalue weighted by atomic mass is 10.1. The van der Waals surface area contributed by atoms with Crippen LogP contribution in [0.1, 0.15) is 6.23 Å². The number of aromatic nitrogens is 6. The van der Waals surface area contributed by atoms with Crippen molar-refractivity contribution in [3.05, 3.63) is 45.8 Å². The fourth-order valence-corrected chi connectivity index (χ4v) is 5.23. The first-order chi connectivity index (χ1) is 15.0. The Bertz CT molecular complexity index is 1360. The Morgan fingerprint density at radius 1 is 1.29 bits per heavy atom. The number of rotatable bonds is 2. The van der Waals surface area contributed by atoms with E-state index in [9.17, 15) is 14.8 Å². The molecule has 31 heavy (non-hydrogen) atoms. The molecule has 0 bridgehead atoms.